The average molecular weight is 237 g/mol. The van der Waals surface area contributed by atoms with Crippen molar-refractivity contribution in [3.8, 4) is 0 Å². The third-order valence-corrected chi connectivity index (χ3v) is 3.60. The molecule has 0 bridgehead atoms. The number of rotatable bonds is 6. The molecule has 92 valence electrons. The molecule has 0 amide bonds. The average Bonchev–Trinajstić information content (AvgIpc) is 1.98. The zero-order chi connectivity index (χ0) is 12.3. The minimum atomic E-state index is -3.37. The molecule has 0 spiro atoms. The number of nitrogens with zero attached hydrogens (tertiary/aromatic N) is 1. The highest BCUT2D eigenvalue weighted by Crippen LogP contribution is 2.08. The molecule has 0 aliphatic carbocycles. The predicted octanol–water partition coefficient (Wildman–Crippen LogP) is 0.159. The lowest BCUT2D eigenvalue weighted by molar-refractivity contribution is 0.198. The fourth-order valence-corrected chi connectivity index (χ4v) is 2.03. The molecule has 6 heteroatoms. The first-order chi connectivity index (χ1) is 6.57. The Morgan fingerprint density at radius 2 is 1.73 bits per heavy atom. The lowest BCUT2D eigenvalue weighted by Gasteiger charge is -2.32. The van der Waals surface area contributed by atoms with Crippen molar-refractivity contribution in [3.05, 3.63) is 0 Å². The third-order valence-electron chi connectivity index (χ3n) is 2.30. The first-order valence-corrected chi connectivity index (χ1v) is 6.49. The molecule has 0 fully saturated rings. The quantitative estimate of drug-likeness (QED) is 0.692. The van der Waals surface area contributed by atoms with Gasteiger partial charge in [0.05, 0.1) is 0 Å². The summed E-state index contributed by atoms with van der Waals surface area (Å²) in [6.07, 6.45) is 0. The van der Waals surface area contributed by atoms with Crippen LogP contribution in [0.25, 0.3) is 0 Å². The van der Waals surface area contributed by atoms with Crippen LogP contribution in [0.3, 0.4) is 0 Å². The van der Waals surface area contributed by atoms with Crippen molar-refractivity contribution in [2.75, 3.05) is 20.6 Å². The van der Waals surface area contributed by atoms with Crippen molar-refractivity contribution in [1.29, 1.82) is 0 Å². The predicted molar refractivity (Wildman–Crippen MR) is 63.0 cm³/mol. The maximum atomic E-state index is 11.5. The molecule has 5 nitrogen and oxygen atoms in total. The van der Waals surface area contributed by atoms with Crippen molar-refractivity contribution in [2.45, 2.75) is 39.3 Å². The maximum absolute atomic E-state index is 11.5. The first kappa shape index (κ1) is 14.8. The van der Waals surface area contributed by atoms with Gasteiger partial charge in [-0.15, -0.1) is 0 Å². The van der Waals surface area contributed by atoms with Gasteiger partial charge in [-0.1, -0.05) is 0 Å². The summed E-state index contributed by atoms with van der Waals surface area (Å²) in [5.41, 5.74) is -0.203. The second-order valence-electron chi connectivity index (χ2n) is 4.80. The molecule has 0 unspecified atom stereocenters. The lowest BCUT2D eigenvalue weighted by atomic mass is 10.1. The van der Waals surface area contributed by atoms with Gasteiger partial charge in [0, 0.05) is 18.1 Å². The SMILES string of the molecule is CC(C)NS(=O)(=O)NCC(C)(C)N(C)C. The molecule has 2 N–H and O–H groups in total. The van der Waals surface area contributed by atoms with E-state index in [2.05, 4.69) is 9.44 Å². The maximum Gasteiger partial charge on any atom is 0.277 e. The Kier molecular flexibility index (Phi) is 5.19. The molecule has 0 aliphatic rings. The monoisotopic (exact) mass is 237 g/mol. The van der Waals surface area contributed by atoms with Crippen LogP contribution < -0.4 is 9.44 Å². The summed E-state index contributed by atoms with van der Waals surface area (Å²) < 4.78 is 27.9. The Hall–Kier alpha value is -0.170. The van der Waals surface area contributed by atoms with E-state index in [-0.39, 0.29) is 11.6 Å². The fourth-order valence-electron chi connectivity index (χ4n) is 0.782. The zero-order valence-electron chi connectivity index (χ0n) is 10.5. The molecule has 15 heavy (non-hydrogen) atoms. The van der Waals surface area contributed by atoms with Gasteiger partial charge in [0.1, 0.15) is 0 Å². The van der Waals surface area contributed by atoms with Crippen LogP contribution >= 0.6 is 0 Å². The van der Waals surface area contributed by atoms with Crippen LogP contribution in [0.4, 0.5) is 0 Å². The molecule has 0 aromatic carbocycles. The number of likely N-dealkylation sites (N-methyl/N-ethyl adjacent to an activating group) is 1. The summed E-state index contributed by atoms with van der Waals surface area (Å²) in [6, 6.07) is -0.0926. The molecule has 0 aliphatic heterocycles. The van der Waals surface area contributed by atoms with E-state index in [1.165, 1.54) is 0 Å². The zero-order valence-corrected chi connectivity index (χ0v) is 11.3. The van der Waals surface area contributed by atoms with Crippen molar-refractivity contribution in [3.63, 3.8) is 0 Å². The molecule has 0 heterocycles. The fraction of sp³-hybridized carbons (Fsp3) is 1.00. The van der Waals surface area contributed by atoms with Crippen LogP contribution in [0.1, 0.15) is 27.7 Å². The van der Waals surface area contributed by atoms with Crippen molar-refractivity contribution in [2.24, 2.45) is 0 Å². The van der Waals surface area contributed by atoms with Gasteiger partial charge in [0.25, 0.3) is 10.2 Å². The number of hydrogen-bond donors (Lipinski definition) is 2. The molecular weight excluding hydrogens is 214 g/mol. The van der Waals surface area contributed by atoms with Crippen LogP contribution in [-0.2, 0) is 10.2 Å². The van der Waals surface area contributed by atoms with Gasteiger partial charge in [0.15, 0.2) is 0 Å². The van der Waals surface area contributed by atoms with Gasteiger partial charge >= 0.3 is 0 Å². The van der Waals surface area contributed by atoms with E-state index >= 15 is 0 Å². The molecular formula is C9H23N3O2S. The molecule has 0 aromatic heterocycles. The summed E-state index contributed by atoms with van der Waals surface area (Å²) in [7, 11) is 0.467. The normalized spacial score (nSPS) is 13.9. The largest absolute Gasteiger partial charge is 0.303 e. The summed E-state index contributed by atoms with van der Waals surface area (Å²) in [4.78, 5) is 1.98. The number of hydrogen-bond acceptors (Lipinski definition) is 3. The van der Waals surface area contributed by atoms with E-state index in [1.54, 1.807) is 13.8 Å². The second kappa shape index (κ2) is 5.25. The molecule has 0 saturated heterocycles. The molecule has 0 rings (SSSR count). The molecule has 0 aromatic rings. The van der Waals surface area contributed by atoms with Crippen LogP contribution in [0.5, 0.6) is 0 Å². The van der Waals surface area contributed by atoms with Gasteiger partial charge in [0.2, 0.25) is 0 Å². The van der Waals surface area contributed by atoms with Crippen LogP contribution in [0.15, 0.2) is 0 Å². The first-order valence-electron chi connectivity index (χ1n) is 5.01. The van der Waals surface area contributed by atoms with Crippen LogP contribution in [0, 0.1) is 0 Å². The third kappa shape index (κ3) is 6.09. The summed E-state index contributed by atoms with van der Waals surface area (Å²) in [5.74, 6) is 0. The van der Waals surface area contributed by atoms with Crippen molar-refractivity contribution >= 4 is 10.2 Å². The highest BCUT2D eigenvalue weighted by atomic mass is 32.2. The molecule has 0 atom stereocenters. The van der Waals surface area contributed by atoms with Gasteiger partial charge in [-0.3, -0.25) is 0 Å². The molecule has 0 saturated carbocycles. The summed E-state index contributed by atoms with van der Waals surface area (Å²) in [5, 5.41) is 0. The lowest BCUT2D eigenvalue weighted by Crippen LogP contribution is -2.51. The van der Waals surface area contributed by atoms with E-state index in [9.17, 15) is 8.42 Å². The van der Waals surface area contributed by atoms with E-state index in [0.717, 1.165) is 0 Å². The Morgan fingerprint density at radius 3 is 2.07 bits per heavy atom. The standard InChI is InChI=1S/C9H23N3O2S/c1-8(2)11-15(13,14)10-7-9(3,4)12(5)6/h8,10-11H,7H2,1-6H3. The van der Waals surface area contributed by atoms with Crippen molar-refractivity contribution < 1.29 is 8.42 Å². The van der Waals surface area contributed by atoms with Gasteiger partial charge < -0.3 is 4.90 Å². The Bertz CT molecular complexity index is 284. The Morgan fingerprint density at radius 1 is 1.27 bits per heavy atom. The smallest absolute Gasteiger partial charge is 0.277 e. The second-order valence-corrected chi connectivity index (χ2v) is 6.34. The van der Waals surface area contributed by atoms with E-state index < -0.39 is 10.2 Å². The van der Waals surface area contributed by atoms with Gasteiger partial charge in [-0.2, -0.15) is 13.1 Å². The topological polar surface area (TPSA) is 61.4 Å². The van der Waals surface area contributed by atoms with Gasteiger partial charge in [-0.25, -0.2) is 4.72 Å². The molecule has 0 radical (unpaired) electrons. The summed E-state index contributed by atoms with van der Waals surface area (Å²) in [6.45, 7) is 7.91. The highest BCUT2D eigenvalue weighted by Gasteiger charge is 2.23. The highest BCUT2D eigenvalue weighted by molar-refractivity contribution is 7.87. The Labute approximate surface area is 93.4 Å². The van der Waals surface area contributed by atoms with Crippen LogP contribution in [-0.4, -0.2) is 45.5 Å². The van der Waals surface area contributed by atoms with E-state index in [4.69, 9.17) is 0 Å². The van der Waals surface area contributed by atoms with Crippen molar-refractivity contribution in [1.82, 2.24) is 14.3 Å². The van der Waals surface area contributed by atoms with Crippen LogP contribution in [0.2, 0.25) is 0 Å². The number of nitrogens with one attached hydrogen (secondary N) is 2. The Balaban J connectivity index is 4.27. The van der Waals surface area contributed by atoms with E-state index in [1.807, 2.05) is 32.8 Å². The minimum Gasteiger partial charge on any atom is -0.303 e. The van der Waals surface area contributed by atoms with Gasteiger partial charge in [-0.05, 0) is 41.8 Å². The minimum absolute atomic E-state index is 0.0926. The van der Waals surface area contributed by atoms with E-state index in [0.29, 0.717) is 6.54 Å². The summed E-state index contributed by atoms with van der Waals surface area (Å²) >= 11 is 0.